The van der Waals surface area contributed by atoms with Crippen molar-refractivity contribution in [2.45, 2.75) is 0 Å². The molecule has 0 radical (unpaired) electrons. The number of aromatic nitrogens is 6. The van der Waals surface area contributed by atoms with E-state index in [-0.39, 0.29) is 5.82 Å². The fourth-order valence-corrected chi connectivity index (χ4v) is 3.33. The Morgan fingerprint density at radius 3 is 2.48 bits per heavy atom. The Balaban J connectivity index is 1.73. The van der Waals surface area contributed by atoms with Crippen LogP contribution in [0.1, 0.15) is 0 Å². The lowest BCUT2D eigenvalue weighted by Crippen LogP contribution is -2.14. The van der Waals surface area contributed by atoms with Crippen LogP contribution in [0, 0.1) is 5.82 Å². The van der Waals surface area contributed by atoms with Crippen molar-refractivity contribution in [3.63, 3.8) is 0 Å². The van der Waals surface area contributed by atoms with Crippen LogP contribution in [0.25, 0.3) is 28.1 Å². The minimum atomic E-state index is -0.281. The Kier molecular flexibility index (Phi) is 4.02. The standard InChI is InChI=1S/C21H16FN7/c1-28(16-5-3-2-4-6-16)21-23-18-13-14(20-24-26-27-25-20)7-12-19(18)29(21)17-10-8-15(22)9-11-17/h2-13H,1H3,(H,24,25,26,27). The Hall–Kier alpha value is -4.07. The molecule has 0 aliphatic carbocycles. The van der Waals surface area contributed by atoms with Gasteiger partial charge in [-0.25, -0.2) is 14.5 Å². The van der Waals surface area contributed by atoms with Gasteiger partial charge in [-0.05, 0) is 65.0 Å². The first-order valence-electron chi connectivity index (χ1n) is 9.02. The average molecular weight is 385 g/mol. The third-order valence-corrected chi connectivity index (χ3v) is 4.78. The van der Waals surface area contributed by atoms with Gasteiger partial charge in [0.1, 0.15) is 5.82 Å². The zero-order valence-corrected chi connectivity index (χ0v) is 15.5. The molecule has 5 aromatic rings. The summed E-state index contributed by atoms with van der Waals surface area (Å²) in [6, 6.07) is 22.2. The number of hydrogen-bond donors (Lipinski definition) is 1. The molecule has 2 heterocycles. The monoisotopic (exact) mass is 385 g/mol. The normalized spacial score (nSPS) is 11.1. The highest BCUT2D eigenvalue weighted by Crippen LogP contribution is 2.32. The number of anilines is 2. The summed E-state index contributed by atoms with van der Waals surface area (Å²) in [5, 5.41) is 14.0. The molecule has 0 aliphatic rings. The molecule has 0 spiro atoms. The van der Waals surface area contributed by atoms with E-state index in [1.807, 2.05) is 65.0 Å². The third kappa shape index (κ3) is 3.00. The van der Waals surface area contributed by atoms with Crippen molar-refractivity contribution >= 4 is 22.7 Å². The van der Waals surface area contributed by atoms with Crippen LogP contribution in [0.4, 0.5) is 16.0 Å². The van der Waals surface area contributed by atoms with Gasteiger partial charge in [0, 0.05) is 24.0 Å². The van der Waals surface area contributed by atoms with Gasteiger partial charge < -0.3 is 4.90 Å². The van der Waals surface area contributed by atoms with E-state index in [0.29, 0.717) is 11.8 Å². The van der Waals surface area contributed by atoms with E-state index < -0.39 is 0 Å². The fraction of sp³-hybridized carbons (Fsp3) is 0.0476. The molecule has 7 nitrogen and oxygen atoms in total. The van der Waals surface area contributed by atoms with Crippen LogP contribution >= 0.6 is 0 Å². The van der Waals surface area contributed by atoms with Crippen LogP contribution in [-0.2, 0) is 0 Å². The van der Waals surface area contributed by atoms with Crippen molar-refractivity contribution in [2.24, 2.45) is 0 Å². The first-order valence-corrected chi connectivity index (χ1v) is 9.02. The third-order valence-electron chi connectivity index (χ3n) is 4.78. The van der Waals surface area contributed by atoms with Crippen LogP contribution in [-0.4, -0.2) is 37.2 Å². The van der Waals surface area contributed by atoms with Crippen LogP contribution in [0.3, 0.4) is 0 Å². The highest BCUT2D eigenvalue weighted by Gasteiger charge is 2.18. The molecule has 3 aromatic carbocycles. The number of aromatic amines is 1. The molecule has 0 amide bonds. The smallest absolute Gasteiger partial charge is 0.215 e. The van der Waals surface area contributed by atoms with E-state index in [4.69, 9.17) is 4.98 Å². The molecule has 0 bridgehead atoms. The maximum absolute atomic E-state index is 13.5. The van der Waals surface area contributed by atoms with Crippen LogP contribution in [0.5, 0.6) is 0 Å². The molecule has 2 aromatic heterocycles. The van der Waals surface area contributed by atoms with E-state index in [1.54, 1.807) is 12.1 Å². The predicted octanol–water partition coefficient (Wildman–Crippen LogP) is 4.11. The van der Waals surface area contributed by atoms with Crippen LogP contribution < -0.4 is 4.90 Å². The number of benzene rings is 3. The minimum Gasteiger partial charge on any atom is -0.315 e. The van der Waals surface area contributed by atoms with Gasteiger partial charge in [0.05, 0.1) is 11.0 Å². The number of imidazole rings is 1. The zero-order valence-electron chi connectivity index (χ0n) is 15.5. The second-order valence-electron chi connectivity index (χ2n) is 6.57. The Labute approximate surface area is 165 Å². The number of tetrazole rings is 1. The second-order valence-corrected chi connectivity index (χ2v) is 6.57. The maximum atomic E-state index is 13.5. The molecule has 0 saturated heterocycles. The predicted molar refractivity (Wildman–Crippen MR) is 109 cm³/mol. The number of hydrogen-bond acceptors (Lipinski definition) is 5. The Morgan fingerprint density at radius 1 is 0.966 bits per heavy atom. The molecule has 5 rings (SSSR count). The second kappa shape index (κ2) is 6.83. The summed E-state index contributed by atoms with van der Waals surface area (Å²) in [6.45, 7) is 0. The van der Waals surface area contributed by atoms with Crippen molar-refractivity contribution in [3.05, 3.63) is 78.6 Å². The van der Waals surface area contributed by atoms with Crippen molar-refractivity contribution < 1.29 is 4.39 Å². The van der Waals surface area contributed by atoms with Crippen molar-refractivity contribution in [1.82, 2.24) is 30.2 Å². The summed E-state index contributed by atoms with van der Waals surface area (Å²) in [4.78, 5) is 6.87. The quantitative estimate of drug-likeness (QED) is 0.504. The average Bonchev–Trinajstić information content (AvgIpc) is 3.42. The molecule has 0 saturated carbocycles. The maximum Gasteiger partial charge on any atom is 0.215 e. The van der Waals surface area contributed by atoms with E-state index in [2.05, 4.69) is 20.6 Å². The van der Waals surface area contributed by atoms with Gasteiger partial charge in [-0.15, -0.1) is 5.10 Å². The van der Waals surface area contributed by atoms with Gasteiger partial charge in [-0.1, -0.05) is 18.2 Å². The zero-order chi connectivity index (χ0) is 19.8. The lowest BCUT2D eigenvalue weighted by atomic mass is 10.2. The molecule has 1 N–H and O–H groups in total. The number of rotatable bonds is 4. The molecular weight excluding hydrogens is 369 g/mol. The number of fused-ring (bicyclic) bond motifs is 1. The number of H-pyrrole nitrogens is 1. The Morgan fingerprint density at radius 2 is 1.76 bits per heavy atom. The number of nitrogens with zero attached hydrogens (tertiary/aromatic N) is 6. The topological polar surface area (TPSA) is 75.5 Å². The van der Waals surface area contributed by atoms with Crippen LogP contribution in [0.15, 0.2) is 72.8 Å². The van der Waals surface area contributed by atoms with Gasteiger partial charge in [0.25, 0.3) is 0 Å². The number of halogens is 1. The van der Waals surface area contributed by atoms with Crippen molar-refractivity contribution in [1.29, 1.82) is 0 Å². The van der Waals surface area contributed by atoms with Crippen LogP contribution in [0.2, 0.25) is 0 Å². The van der Waals surface area contributed by atoms with Gasteiger partial charge in [-0.3, -0.25) is 4.57 Å². The summed E-state index contributed by atoms with van der Waals surface area (Å²) in [5.74, 6) is 1.00. The molecule has 8 heteroatoms. The number of nitrogens with one attached hydrogen (secondary N) is 1. The summed E-state index contributed by atoms with van der Waals surface area (Å²) in [7, 11) is 1.96. The van der Waals surface area contributed by atoms with Gasteiger partial charge in [0.15, 0.2) is 5.82 Å². The lowest BCUT2D eigenvalue weighted by molar-refractivity contribution is 0.627. The molecule has 0 unspecified atom stereocenters. The largest absolute Gasteiger partial charge is 0.315 e. The first kappa shape index (κ1) is 17.1. The first-order chi connectivity index (χ1) is 14.2. The molecule has 142 valence electrons. The molecule has 0 fully saturated rings. The van der Waals surface area contributed by atoms with E-state index >= 15 is 0 Å². The summed E-state index contributed by atoms with van der Waals surface area (Å²) >= 11 is 0. The highest BCUT2D eigenvalue weighted by molar-refractivity contribution is 5.86. The Bertz CT molecular complexity index is 1260. The van der Waals surface area contributed by atoms with E-state index in [1.165, 1.54) is 12.1 Å². The number of para-hydroxylation sites is 1. The van der Waals surface area contributed by atoms with Crippen molar-refractivity contribution in [3.8, 4) is 17.1 Å². The van der Waals surface area contributed by atoms with Crippen molar-refractivity contribution in [2.75, 3.05) is 11.9 Å². The SMILES string of the molecule is CN(c1ccccc1)c1nc2cc(-c3nnn[nH]3)ccc2n1-c1ccc(F)cc1. The highest BCUT2D eigenvalue weighted by atomic mass is 19.1. The van der Waals surface area contributed by atoms with Gasteiger partial charge in [0.2, 0.25) is 5.95 Å². The van der Waals surface area contributed by atoms with E-state index in [9.17, 15) is 4.39 Å². The van der Waals surface area contributed by atoms with E-state index in [0.717, 1.165) is 28.0 Å². The van der Waals surface area contributed by atoms with Gasteiger partial charge in [-0.2, -0.15) is 0 Å². The fourth-order valence-electron chi connectivity index (χ4n) is 3.33. The minimum absolute atomic E-state index is 0.281. The van der Waals surface area contributed by atoms with Gasteiger partial charge >= 0.3 is 0 Å². The summed E-state index contributed by atoms with van der Waals surface area (Å²) < 4.78 is 15.5. The molecular formula is C21H16FN7. The molecule has 0 aliphatic heterocycles. The molecule has 0 atom stereocenters. The lowest BCUT2D eigenvalue weighted by Gasteiger charge is -2.20. The molecule has 29 heavy (non-hydrogen) atoms. The summed E-state index contributed by atoms with van der Waals surface area (Å²) in [6.07, 6.45) is 0. The summed E-state index contributed by atoms with van der Waals surface area (Å²) in [5.41, 5.74) is 4.32.